The number of non-ortho nitro benzene ring substituents is 1. The number of amides is 1. The third-order valence-electron chi connectivity index (χ3n) is 6.07. The van der Waals surface area contributed by atoms with Crippen LogP contribution in [0.4, 0.5) is 5.69 Å². The summed E-state index contributed by atoms with van der Waals surface area (Å²) in [5.74, 6) is -0.422. The molecule has 0 radical (unpaired) electrons. The van der Waals surface area contributed by atoms with Gasteiger partial charge >= 0.3 is 0 Å². The van der Waals surface area contributed by atoms with Gasteiger partial charge in [-0.25, -0.2) is 8.42 Å². The maximum absolute atomic E-state index is 13.2. The number of nitro benzene ring substituents is 1. The summed E-state index contributed by atoms with van der Waals surface area (Å²) >= 11 is 1.57. The normalized spacial score (nSPS) is 16.1. The first-order valence-corrected chi connectivity index (χ1v) is 13.2. The number of nitrogens with one attached hydrogen (secondary N) is 1. The Morgan fingerprint density at radius 3 is 2.44 bits per heavy atom. The second kappa shape index (κ2) is 10.0. The Hall–Kier alpha value is -3.08. The second-order valence-corrected chi connectivity index (χ2v) is 11.1. The lowest BCUT2D eigenvalue weighted by atomic mass is 9.96. The molecule has 1 unspecified atom stereocenters. The highest BCUT2D eigenvalue weighted by molar-refractivity contribution is 7.89. The molecule has 0 saturated carbocycles. The Bertz CT molecular complexity index is 1270. The van der Waals surface area contributed by atoms with E-state index in [1.807, 2.05) is 47.8 Å². The monoisotopic (exact) mass is 499 g/mol. The Labute approximate surface area is 202 Å². The van der Waals surface area contributed by atoms with Crippen LogP contribution in [-0.2, 0) is 14.8 Å². The lowest BCUT2D eigenvalue weighted by Gasteiger charge is -2.31. The van der Waals surface area contributed by atoms with Gasteiger partial charge in [0.15, 0.2) is 0 Å². The van der Waals surface area contributed by atoms with Gasteiger partial charge in [-0.2, -0.15) is 4.31 Å². The topological polar surface area (TPSA) is 110 Å². The van der Waals surface area contributed by atoms with E-state index in [1.54, 1.807) is 18.3 Å². The van der Waals surface area contributed by atoms with E-state index < -0.39 is 14.9 Å². The molecular formula is C24H25N3O5S2. The fourth-order valence-electron chi connectivity index (χ4n) is 4.16. The van der Waals surface area contributed by atoms with Crippen LogP contribution in [0.25, 0.3) is 0 Å². The molecule has 1 amide bonds. The van der Waals surface area contributed by atoms with E-state index >= 15 is 0 Å². The summed E-state index contributed by atoms with van der Waals surface area (Å²) in [5.41, 5.74) is 1.17. The number of rotatable bonds is 7. The van der Waals surface area contributed by atoms with E-state index in [-0.39, 0.29) is 41.5 Å². The third-order valence-corrected chi connectivity index (χ3v) is 9.05. The molecule has 10 heteroatoms. The molecule has 1 aromatic heterocycles. The standard InChI is InChI=1S/C24H25N3O5S2/c1-17-9-10-20(27(29)30)16-22(17)34(31,32)26-13-11-19(12-14-26)24(28)25-23(21-8-5-15-33-21)18-6-3-2-4-7-18/h2-10,15-16,19,23H,11-14H2,1H3,(H,25,28). The van der Waals surface area contributed by atoms with Crippen molar-refractivity contribution in [1.29, 1.82) is 0 Å². The van der Waals surface area contributed by atoms with Crippen molar-refractivity contribution in [3.8, 4) is 0 Å². The zero-order valence-corrected chi connectivity index (χ0v) is 20.2. The maximum Gasteiger partial charge on any atom is 0.270 e. The number of benzene rings is 2. The van der Waals surface area contributed by atoms with Crippen molar-refractivity contribution in [2.75, 3.05) is 13.1 Å². The minimum Gasteiger partial charge on any atom is -0.344 e. The van der Waals surface area contributed by atoms with Crippen LogP contribution >= 0.6 is 11.3 Å². The van der Waals surface area contributed by atoms with Crippen LogP contribution < -0.4 is 5.32 Å². The quantitative estimate of drug-likeness (QED) is 0.386. The highest BCUT2D eigenvalue weighted by Crippen LogP contribution is 2.30. The Balaban J connectivity index is 1.46. The fraction of sp³-hybridized carbons (Fsp3) is 0.292. The molecule has 2 aromatic carbocycles. The minimum atomic E-state index is -3.90. The van der Waals surface area contributed by atoms with Crippen molar-refractivity contribution < 1.29 is 18.1 Å². The molecule has 0 spiro atoms. The van der Waals surface area contributed by atoms with Crippen LogP contribution in [0.5, 0.6) is 0 Å². The number of hydrogen-bond donors (Lipinski definition) is 1. The predicted molar refractivity (Wildman–Crippen MR) is 130 cm³/mol. The lowest BCUT2D eigenvalue weighted by molar-refractivity contribution is -0.385. The summed E-state index contributed by atoms with van der Waals surface area (Å²) in [5, 5.41) is 16.2. The maximum atomic E-state index is 13.2. The molecule has 1 saturated heterocycles. The molecule has 4 rings (SSSR count). The van der Waals surface area contributed by atoms with E-state index in [1.165, 1.54) is 16.4 Å². The number of carbonyl (C=O) groups is 1. The fourth-order valence-corrected chi connectivity index (χ4v) is 6.67. The highest BCUT2D eigenvalue weighted by Gasteiger charge is 2.34. The van der Waals surface area contributed by atoms with E-state index in [9.17, 15) is 23.3 Å². The number of piperidine rings is 1. The number of thiophene rings is 1. The number of sulfonamides is 1. The molecule has 1 N–H and O–H groups in total. The van der Waals surface area contributed by atoms with Crippen molar-refractivity contribution in [2.45, 2.75) is 30.7 Å². The predicted octanol–water partition coefficient (Wildman–Crippen LogP) is 4.27. The molecule has 2 heterocycles. The number of aryl methyl sites for hydroxylation is 1. The van der Waals surface area contributed by atoms with Gasteiger partial charge in [0.2, 0.25) is 15.9 Å². The van der Waals surface area contributed by atoms with Crippen LogP contribution in [-0.4, -0.2) is 36.6 Å². The van der Waals surface area contributed by atoms with Gasteiger partial charge in [0.1, 0.15) is 0 Å². The van der Waals surface area contributed by atoms with Crippen molar-refractivity contribution in [2.24, 2.45) is 5.92 Å². The SMILES string of the molecule is Cc1ccc([N+](=O)[O-])cc1S(=O)(=O)N1CCC(C(=O)NC(c2ccccc2)c2cccs2)CC1. The lowest BCUT2D eigenvalue weighted by Crippen LogP contribution is -2.43. The number of carbonyl (C=O) groups excluding carboxylic acids is 1. The average Bonchev–Trinajstić information content (AvgIpc) is 3.37. The van der Waals surface area contributed by atoms with Gasteiger partial charge in [-0.1, -0.05) is 42.5 Å². The summed E-state index contributed by atoms with van der Waals surface area (Å²) < 4.78 is 27.7. The molecule has 1 atom stereocenters. The van der Waals surface area contributed by atoms with Gasteiger partial charge in [-0.3, -0.25) is 14.9 Å². The smallest absolute Gasteiger partial charge is 0.270 e. The second-order valence-electron chi connectivity index (χ2n) is 8.25. The van der Waals surface area contributed by atoms with Gasteiger partial charge in [-0.05, 0) is 42.3 Å². The van der Waals surface area contributed by atoms with Crippen molar-refractivity contribution in [3.05, 3.63) is 92.2 Å². The van der Waals surface area contributed by atoms with Crippen LogP contribution in [0.15, 0.2) is 70.9 Å². The van der Waals surface area contributed by atoms with Crippen LogP contribution in [0.1, 0.15) is 34.9 Å². The Kier molecular flexibility index (Phi) is 7.11. The van der Waals surface area contributed by atoms with Gasteiger partial charge in [0.05, 0.1) is 15.9 Å². The van der Waals surface area contributed by atoms with Crippen molar-refractivity contribution in [1.82, 2.24) is 9.62 Å². The summed E-state index contributed by atoms with van der Waals surface area (Å²) in [6, 6.07) is 17.3. The molecule has 178 valence electrons. The van der Waals surface area contributed by atoms with Gasteiger partial charge in [0, 0.05) is 36.0 Å². The Morgan fingerprint density at radius 2 is 1.82 bits per heavy atom. The molecule has 34 heavy (non-hydrogen) atoms. The highest BCUT2D eigenvalue weighted by atomic mass is 32.2. The van der Waals surface area contributed by atoms with Gasteiger partial charge < -0.3 is 5.32 Å². The first-order valence-electron chi connectivity index (χ1n) is 10.9. The number of nitrogens with zero attached hydrogens (tertiary/aromatic N) is 2. The first kappa shape index (κ1) is 24.1. The molecule has 0 aliphatic carbocycles. The minimum absolute atomic E-state index is 0.0635. The van der Waals surface area contributed by atoms with Crippen molar-refractivity contribution in [3.63, 3.8) is 0 Å². The van der Waals surface area contributed by atoms with Crippen LogP contribution in [0.3, 0.4) is 0 Å². The number of hydrogen-bond acceptors (Lipinski definition) is 6. The molecular weight excluding hydrogens is 474 g/mol. The number of nitro groups is 1. The summed E-state index contributed by atoms with van der Waals surface area (Å²) in [6.45, 7) is 1.97. The van der Waals surface area contributed by atoms with Crippen LogP contribution in [0, 0.1) is 23.0 Å². The summed E-state index contributed by atoms with van der Waals surface area (Å²) in [7, 11) is -3.90. The van der Waals surface area contributed by atoms with E-state index in [0.29, 0.717) is 18.4 Å². The molecule has 8 nitrogen and oxygen atoms in total. The molecule has 1 fully saturated rings. The molecule has 1 aliphatic rings. The largest absolute Gasteiger partial charge is 0.344 e. The van der Waals surface area contributed by atoms with E-state index in [4.69, 9.17) is 0 Å². The first-order chi connectivity index (χ1) is 16.3. The third kappa shape index (κ3) is 5.03. The molecule has 3 aromatic rings. The van der Waals surface area contributed by atoms with E-state index in [2.05, 4.69) is 5.32 Å². The zero-order chi connectivity index (χ0) is 24.3. The van der Waals surface area contributed by atoms with Gasteiger partial charge in [-0.15, -0.1) is 11.3 Å². The Morgan fingerprint density at radius 1 is 1.12 bits per heavy atom. The summed E-state index contributed by atoms with van der Waals surface area (Å²) in [4.78, 5) is 24.6. The average molecular weight is 500 g/mol. The molecule has 0 bridgehead atoms. The van der Waals surface area contributed by atoms with Crippen molar-refractivity contribution >= 4 is 33.0 Å². The molecule has 1 aliphatic heterocycles. The van der Waals surface area contributed by atoms with Gasteiger partial charge in [0.25, 0.3) is 5.69 Å². The van der Waals surface area contributed by atoms with E-state index in [0.717, 1.165) is 16.5 Å². The summed E-state index contributed by atoms with van der Waals surface area (Å²) in [6.07, 6.45) is 0.760. The zero-order valence-electron chi connectivity index (χ0n) is 18.6. The van der Waals surface area contributed by atoms with Crippen LogP contribution in [0.2, 0.25) is 0 Å².